The normalized spacial score (nSPS) is 17.8. The maximum absolute atomic E-state index is 12.1. The monoisotopic (exact) mass is 314 g/mol. The molecule has 1 fully saturated rings. The highest BCUT2D eigenvalue weighted by atomic mass is 35.5. The lowest BCUT2D eigenvalue weighted by molar-refractivity contribution is 0.0930. The molecule has 1 unspecified atom stereocenters. The maximum Gasteiger partial charge on any atom is 0.252 e. The van der Waals surface area contributed by atoms with Gasteiger partial charge in [-0.2, -0.15) is 0 Å². The molecule has 1 N–H and O–H groups in total. The Labute approximate surface area is 130 Å². The van der Waals surface area contributed by atoms with E-state index in [0.717, 1.165) is 13.1 Å². The van der Waals surface area contributed by atoms with E-state index in [0.29, 0.717) is 28.2 Å². The van der Waals surface area contributed by atoms with Crippen molar-refractivity contribution in [2.24, 2.45) is 0 Å². The first-order chi connectivity index (χ1) is 9.58. The van der Waals surface area contributed by atoms with Crippen molar-refractivity contribution in [2.75, 3.05) is 19.6 Å². The number of hydrogen-bond acceptors (Lipinski definition) is 2. The summed E-state index contributed by atoms with van der Waals surface area (Å²) in [6.07, 6.45) is 3.82. The van der Waals surface area contributed by atoms with Crippen molar-refractivity contribution in [3.8, 4) is 0 Å². The van der Waals surface area contributed by atoms with Crippen LogP contribution in [0.3, 0.4) is 0 Å². The van der Waals surface area contributed by atoms with Gasteiger partial charge in [0.25, 0.3) is 5.91 Å². The lowest BCUT2D eigenvalue weighted by Gasteiger charge is -2.32. The fraction of sp³-hybridized carbons (Fsp3) is 0.533. The number of likely N-dealkylation sites (tertiary alicyclic amines) is 1. The molecule has 1 aromatic rings. The highest BCUT2D eigenvalue weighted by Crippen LogP contribution is 2.20. The zero-order chi connectivity index (χ0) is 14.5. The Morgan fingerprint density at radius 2 is 2.00 bits per heavy atom. The first kappa shape index (κ1) is 15.6. The van der Waals surface area contributed by atoms with Crippen LogP contribution < -0.4 is 5.32 Å². The predicted octanol–water partition coefficient (Wildman–Crippen LogP) is 3.60. The summed E-state index contributed by atoms with van der Waals surface area (Å²) < 4.78 is 0. The SMILES string of the molecule is CC(CNC(=O)c1ccc(Cl)cc1Cl)N1CCCCC1. The zero-order valence-electron chi connectivity index (χ0n) is 11.7. The van der Waals surface area contributed by atoms with Gasteiger partial charge in [-0.3, -0.25) is 9.69 Å². The van der Waals surface area contributed by atoms with Crippen molar-refractivity contribution in [3.05, 3.63) is 33.8 Å². The molecule has 1 saturated heterocycles. The van der Waals surface area contributed by atoms with Gasteiger partial charge in [0.1, 0.15) is 0 Å². The largest absolute Gasteiger partial charge is 0.350 e. The molecule has 110 valence electrons. The topological polar surface area (TPSA) is 32.3 Å². The number of rotatable bonds is 4. The lowest BCUT2D eigenvalue weighted by atomic mass is 10.1. The first-order valence-electron chi connectivity index (χ1n) is 7.05. The highest BCUT2D eigenvalue weighted by Gasteiger charge is 2.18. The molecule has 1 amide bonds. The van der Waals surface area contributed by atoms with Crippen LogP contribution >= 0.6 is 23.2 Å². The van der Waals surface area contributed by atoms with Crippen molar-refractivity contribution in [1.82, 2.24) is 10.2 Å². The molecule has 2 rings (SSSR count). The van der Waals surface area contributed by atoms with Gasteiger partial charge in [-0.25, -0.2) is 0 Å². The standard InChI is InChI=1S/C15H20Cl2N2O/c1-11(19-7-3-2-4-8-19)10-18-15(20)13-6-5-12(16)9-14(13)17/h5-6,9,11H,2-4,7-8,10H2,1H3,(H,18,20). The van der Waals surface area contributed by atoms with E-state index in [9.17, 15) is 4.79 Å². The van der Waals surface area contributed by atoms with Crippen LogP contribution in [0.25, 0.3) is 0 Å². The Hall–Kier alpha value is -0.770. The molecule has 0 spiro atoms. The predicted molar refractivity (Wildman–Crippen MR) is 83.7 cm³/mol. The molecule has 1 aliphatic rings. The average molecular weight is 315 g/mol. The van der Waals surface area contributed by atoms with E-state index in [1.807, 2.05) is 0 Å². The molecular weight excluding hydrogens is 295 g/mol. The van der Waals surface area contributed by atoms with Gasteiger partial charge < -0.3 is 5.32 Å². The molecule has 20 heavy (non-hydrogen) atoms. The fourth-order valence-electron chi connectivity index (χ4n) is 2.50. The Kier molecular flexibility index (Phi) is 5.70. The summed E-state index contributed by atoms with van der Waals surface area (Å²) in [5.41, 5.74) is 0.474. The number of amides is 1. The molecule has 1 aromatic carbocycles. The number of carbonyl (C=O) groups is 1. The van der Waals surface area contributed by atoms with Crippen LogP contribution in [0.5, 0.6) is 0 Å². The maximum atomic E-state index is 12.1. The Balaban J connectivity index is 1.88. The average Bonchev–Trinajstić information content (AvgIpc) is 2.45. The Morgan fingerprint density at radius 3 is 2.65 bits per heavy atom. The molecule has 0 bridgehead atoms. The minimum absolute atomic E-state index is 0.143. The number of carbonyl (C=O) groups excluding carboxylic acids is 1. The summed E-state index contributed by atoms with van der Waals surface area (Å²) in [4.78, 5) is 14.5. The molecule has 1 atom stereocenters. The summed E-state index contributed by atoms with van der Waals surface area (Å²) in [6, 6.07) is 5.28. The third-order valence-electron chi connectivity index (χ3n) is 3.75. The number of hydrogen-bond donors (Lipinski definition) is 1. The second kappa shape index (κ2) is 7.30. The molecule has 0 aromatic heterocycles. The van der Waals surface area contributed by atoms with Crippen LogP contribution in [0.1, 0.15) is 36.5 Å². The van der Waals surface area contributed by atoms with Crippen molar-refractivity contribution in [3.63, 3.8) is 0 Å². The zero-order valence-corrected chi connectivity index (χ0v) is 13.2. The van der Waals surface area contributed by atoms with Gasteiger partial charge in [0.15, 0.2) is 0 Å². The minimum atomic E-state index is -0.143. The van der Waals surface area contributed by atoms with Crippen LogP contribution in [-0.4, -0.2) is 36.5 Å². The van der Waals surface area contributed by atoms with Gasteiger partial charge >= 0.3 is 0 Å². The summed E-state index contributed by atoms with van der Waals surface area (Å²) in [5.74, 6) is -0.143. The second-order valence-corrected chi connectivity index (χ2v) is 6.12. The van der Waals surface area contributed by atoms with Crippen LogP contribution in [0, 0.1) is 0 Å². The van der Waals surface area contributed by atoms with Crippen LogP contribution in [0.15, 0.2) is 18.2 Å². The third kappa shape index (κ3) is 4.11. The molecule has 1 aliphatic heterocycles. The Morgan fingerprint density at radius 1 is 1.30 bits per heavy atom. The molecular formula is C15H20Cl2N2O. The van der Waals surface area contributed by atoms with E-state index in [-0.39, 0.29) is 5.91 Å². The second-order valence-electron chi connectivity index (χ2n) is 5.28. The summed E-state index contributed by atoms with van der Waals surface area (Å²) in [5, 5.41) is 3.87. The Bertz CT molecular complexity index is 473. The molecule has 0 radical (unpaired) electrons. The minimum Gasteiger partial charge on any atom is -0.350 e. The van der Waals surface area contributed by atoms with Crippen LogP contribution in [0.4, 0.5) is 0 Å². The van der Waals surface area contributed by atoms with Gasteiger partial charge in [-0.15, -0.1) is 0 Å². The molecule has 3 nitrogen and oxygen atoms in total. The van der Waals surface area contributed by atoms with Gasteiger partial charge in [0.05, 0.1) is 10.6 Å². The van der Waals surface area contributed by atoms with Crippen molar-refractivity contribution in [2.45, 2.75) is 32.2 Å². The number of nitrogens with one attached hydrogen (secondary N) is 1. The number of piperidine rings is 1. The van der Waals surface area contributed by atoms with Crippen LogP contribution in [-0.2, 0) is 0 Å². The first-order valence-corrected chi connectivity index (χ1v) is 7.81. The smallest absolute Gasteiger partial charge is 0.252 e. The number of nitrogens with zero attached hydrogens (tertiary/aromatic N) is 1. The van der Waals surface area contributed by atoms with Gasteiger partial charge in [-0.05, 0) is 51.1 Å². The molecule has 0 aliphatic carbocycles. The molecule has 1 heterocycles. The van der Waals surface area contributed by atoms with E-state index >= 15 is 0 Å². The van der Waals surface area contributed by atoms with Crippen LogP contribution in [0.2, 0.25) is 10.0 Å². The van der Waals surface area contributed by atoms with Crippen molar-refractivity contribution < 1.29 is 4.79 Å². The van der Waals surface area contributed by atoms with Gasteiger partial charge in [0.2, 0.25) is 0 Å². The summed E-state index contributed by atoms with van der Waals surface area (Å²) in [7, 11) is 0. The van der Waals surface area contributed by atoms with E-state index in [4.69, 9.17) is 23.2 Å². The summed E-state index contributed by atoms with van der Waals surface area (Å²) in [6.45, 7) is 5.03. The van der Waals surface area contributed by atoms with Gasteiger partial charge in [-0.1, -0.05) is 29.6 Å². The van der Waals surface area contributed by atoms with Crippen molar-refractivity contribution in [1.29, 1.82) is 0 Å². The summed E-state index contributed by atoms with van der Waals surface area (Å²) >= 11 is 11.9. The van der Waals surface area contributed by atoms with E-state index < -0.39 is 0 Å². The number of benzene rings is 1. The highest BCUT2D eigenvalue weighted by molar-refractivity contribution is 6.36. The van der Waals surface area contributed by atoms with E-state index in [2.05, 4.69) is 17.1 Å². The lowest BCUT2D eigenvalue weighted by Crippen LogP contribution is -2.44. The quantitative estimate of drug-likeness (QED) is 0.921. The van der Waals surface area contributed by atoms with E-state index in [1.54, 1.807) is 18.2 Å². The number of halogens is 2. The fourth-order valence-corrected chi connectivity index (χ4v) is 2.99. The third-order valence-corrected chi connectivity index (χ3v) is 4.30. The van der Waals surface area contributed by atoms with Crippen molar-refractivity contribution >= 4 is 29.1 Å². The molecule has 5 heteroatoms. The molecule has 0 saturated carbocycles. The van der Waals surface area contributed by atoms with Gasteiger partial charge in [0, 0.05) is 17.6 Å². The van der Waals surface area contributed by atoms with E-state index in [1.165, 1.54) is 19.3 Å².